The largest absolute Gasteiger partial charge is 0.468 e. The maximum Gasteiger partial charge on any atom is 0.317 e. The van der Waals surface area contributed by atoms with Crippen LogP contribution in [0.25, 0.3) is 0 Å². The number of amides is 1. The molecule has 4 nitrogen and oxygen atoms in total. The van der Waals surface area contributed by atoms with Crippen LogP contribution in [0.1, 0.15) is 25.8 Å². The Hall–Kier alpha value is -1.84. The Morgan fingerprint density at radius 2 is 1.95 bits per heavy atom. The molecule has 0 aromatic heterocycles. The van der Waals surface area contributed by atoms with Crippen molar-refractivity contribution in [1.82, 2.24) is 5.32 Å². The van der Waals surface area contributed by atoms with E-state index in [2.05, 4.69) is 12.2 Å². The van der Waals surface area contributed by atoms with Crippen molar-refractivity contribution in [3.63, 3.8) is 0 Å². The van der Waals surface area contributed by atoms with Gasteiger partial charge in [0.05, 0.1) is 7.11 Å². The van der Waals surface area contributed by atoms with Crippen molar-refractivity contribution < 1.29 is 14.3 Å². The smallest absolute Gasteiger partial charge is 0.317 e. The number of esters is 1. The van der Waals surface area contributed by atoms with Gasteiger partial charge in [-0.05, 0) is 24.8 Å². The van der Waals surface area contributed by atoms with Crippen LogP contribution < -0.4 is 5.32 Å². The molecule has 20 heavy (non-hydrogen) atoms. The molecule has 1 aliphatic rings. The number of hydrogen-bond acceptors (Lipinski definition) is 3. The van der Waals surface area contributed by atoms with Crippen LogP contribution in [0, 0.1) is 11.8 Å². The summed E-state index contributed by atoms with van der Waals surface area (Å²) >= 11 is 0. The van der Waals surface area contributed by atoms with Gasteiger partial charge in [0.1, 0.15) is 5.41 Å². The second-order valence-corrected chi connectivity index (χ2v) is 5.73. The average molecular weight is 275 g/mol. The maximum absolute atomic E-state index is 12.1. The highest BCUT2D eigenvalue weighted by atomic mass is 16.5. The fraction of sp³-hybridized carbons (Fsp3) is 0.500. The van der Waals surface area contributed by atoms with Crippen molar-refractivity contribution in [3.8, 4) is 0 Å². The summed E-state index contributed by atoms with van der Waals surface area (Å²) in [7, 11) is 1.37. The van der Waals surface area contributed by atoms with E-state index in [1.807, 2.05) is 30.3 Å². The molecule has 1 saturated carbocycles. The monoisotopic (exact) mass is 275 g/mol. The standard InChI is InChI=1S/C16H21NO3/c1-11-9-13(11)14(18)17-10-16(2,15(19)20-3)12-7-5-4-6-8-12/h4-8,11,13H,9-10H2,1-3H3,(H,17,18)/t11-,13-,16-/m1/s1. The molecule has 1 N–H and O–H groups in total. The first-order valence-electron chi connectivity index (χ1n) is 6.90. The maximum atomic E-state index is 12.1. The number of methoxy groups -OCH3 is 1. The molecule has 1 aromatic carbocycles. The summed E-state index contributed by atoms with van der Waals surface area (Å²) in [5, 5.41) is 2.89. The highest BCUT2D eigenvalue weighted by Gasteiger charge is 2.41. The van der Waals surface area contributed by atoms with Crippen LogP contribution in [0.15, 0.2) is 30.3 Å². The predicted molar refractivity (Wildman–Crippen MR) is 76.1 cm³/mol. The van der Waals surface area contributed by atoms with E-state index in [0.717, 1.165) is 12.0 Å². The Morgan fingerprint density at radius 3 is 2.45 bits per heavy atom. The molecule has 0 unspecified atom stereocenters. The second-order valence-electron chi connectivity index (χ2n) is 5.73. The average Bonchev–Trinajstić information content (AvgIpc) is 3.21. The molecule has 0 bridgehead atoms. The molecule has 1 fully saturated rings. The zero-order valence-corrected chi connectivity index (χ0v) is 12.2. The Balaban J connectivity index is 2.11. The van der Waals surface area contributed by atoms with E-state index in [0.29, 0.717) is 5.92 Å². The second kappa shape index (κ2) is 5.65. The van der Waals surface area contributed by atoms with E-state index in [1.165, 1.54) is 7.11 Å². The van der Waals surface area contributed by atoms with Crippen LogP contribution in [0.3, 0.4) is 0 Å². The van der Waals surface area contributed by atoms with E-state index in [9.17, 15) is 9.59 Å². The van der Waals surface area contributed by atoms with E-state index < -0.39 is 5.41 Å². The SMILES string of the molecule is COC(=O)[C@](C)(CNC(=O)[C@@H]1C[C@H]1C)c1ccccc1. The number of carbonyl (C=O) groups is 2. The third-order valence-electron chi connectivity index (χ3n) is 4.11. The lowest BCUT2D eigenvalue weighted by atomic mass is 9.82. The lowest BCUT2D eigenvalue weighted by Crippen LogP contribution is -2.45. The molecule has 2 rings (SSSR count). The van der Waals surface area contributed by atoms with Gasteiger partial charge in [0.25, 0.3) is 0 Å². The fourth-order valence-electron chi connectivity index (χ4n) is 2.41. The van der Waals surface area contributed by atoms with Gasteiger partial charge in [-0.2, -0.15) is 0 Å². The van der Waals surface area contributed by atoms with Gasteiger partial charge in [-0.3, -0.25) is 9.59 Å². The number of ether oxygens (including phenoxy) is 1. The Kier molecular flexibility index (Phi) is 4.12. The van der Waals surface area contributed by atoms with Gasteiger partial charge in [0, 0.05) is 12.5 Å². The van der Waals surface area contributed by atoms with Crippen LogP contribution in [-0.2, 0) is 19.7 Å². The molecule has 4 heteroatoms. The van der Waals surface area contributed by atoms with E-state index >= 15 is 0 Å². The van der Waals surface area contributed by atoms with Gasteiger partial charge >= 0.3 is 5.97 Å². The van der Waals surface area contributed by atoms with E-state index in [4.69, 9.17) is 4.74 Å². The zero-order valence-electron chi connectivity index (χ0n) is 12.2. The Labute approximate surface area is 119 Å². The minimum atomic E-state index is -0.857. The lowest BCUT2D eigenvalue weighted by molar-refractivity contribution is -0.146. The molecule has 3 atom stereocenters. The molecule has 0 aliphatic heterocycles. The highest BCUT2D eigenvalue weighted by Crippen LogP contribution is 2.37. The number of rotatable bonds is 5. The third-order valence-corrected chi connectivity index (χ3v) is 4.11. The first kappa shape index (κ1) is 14.6. The molecule has 1 amide bonds. The first-order chi connectivity index (χ1) is 9.49. The first-order valence-corrected chi connectivity index (χ1v) is 6.90. The molecular formula is C16H21NO3. The zero-order chi connectivity index (χ0) is 14.8. The van der Waals surface area contributed by atoms with Crippen LogP contribution in [0.4, 0.5) is 0 Å². The summed E-state index contributed by atoms with van der Waals surface area (Å²) in [6, 6.07) is 9.40. The molecule has 1 aliphatic carbocycles. The Morgan fingerprint density at radius 1 is 1.35 bits per heavy atom. The van der Waals surface area contributed by atoms with Gasteiger partial charge in [-0.25, -0.2) is 0 Å². The van der Waals surface area contributed by atoms with Gasteiger partial charge < -0.3 is 10.1 Å². The molecule has 1 aromatic rings. The highest BCUT2D eigenvalue weighted by molar-refractivity contribution is 5.86. The summed E-state index contributed by atoms with van der Waals surface area (Å²) in [5.41, 5.74) is -0.0138. The lowest BCUT2D eigenvalue weighted by Gasteiger charge is -2.27. The van der Waals surface area contributed by atoms with Crippen LogP contribution >= 0.6 is 0 Å². The Bertz CT molecular complexity index is 500. The van der Waals surface area contributed by atoms with Gasteiger partial charge in [0.15, 0.2) is 0 Å². The molecule has 0 heterocycles. The van der Waals surface area contributed by atoms with Gasteiger partial charge in [0.2, 0.25) is 5.91 Å². The minimum Gasteiger partial charge on any atom is -0.468 e. The summed E-state index contributed by atoms with van der Waals surface area (Å²) in [6.07, 6.45) is 0.937. The number of benzene rings is 1. The number of hydrogen-bond donors (Lipinski definition) is 1. The van der Waals surface area contributed by atoms with Crippen molar-refractivity contribution in [2.24, 2.45) is 11.8 Å². The number of carbonyl (C=O) groups excluding carboxylic acids is 2. The van der Waals surface area contributed by atoms with E-state index in [1.54, 1.807) is 6.92 Å². The third kappa shape index (κ3) is 2.84. The summed E-state index contributed by atoms with van der Waals surface area (Å²) in [6.45, 7) is 4.11. The molecular weight excluding hydrogens is 254 g/mol. The van der Waals surface area contributed by atoms with Gasteiger partial charge in [-0.1, -0.05) is 37.3 Å². The van der Waals surface area contributed by atoms with Crippen molar-refractivity contribution >= 4 is 11.9 Å². The van der Waals surface area contributed by atoms with Crippen LogP contribution in [0.5, 0.6) is 0 Å². The fourth-order valence-corrected chi connectivity index (χ4v) is 2.41. The normalized spacial score (nSPS) is 23.6. The summed E-state index contributed by atoms with van der Waals surface area (Å²) in [4.78, 5) is 24.1. The van der Waals surface area contributed by atoms with Crippen molar-refractivity contribution in [2.45, 2.75) is 25.7 Å². The summed E-state index contributed by atoms with van der Waals surface area (Å²) < 4.78 is 4.91. The predicted octanol–water partition coefficient (Wildman–Crippen LogP) is 1.89. The van der Waals surface area contributed by atoms with Gasteiger partial charge in [-0.15, -0.1) is 0 Å². The van der Waals surface area contributed by atoms with Crippen LogP contribution in [-0.4, -0.2) is 25.5 Å². The quantitative estimate of drug-likeness (QED) is 0.835. The van der Waals surface area contributed by atoms with Crippen molar-refractivity contribution in [2.75, 3.05) is 13.7 Å². The molecule has 108 valence electrons. The van der Waals surface area contributed by atoms with Crippen LogP contribution in [0.2, 0.25) is 0 Å². The van der Waals surface area contributed by atoms with E-state index in [-0.39, 0.29) is 24.3 Å². The van der Waals surface area contributed by atoms with Crippen molar-refractivity contribution in [1.29, 1.82) is 0 Å². The molecule has 0 spiro atoms. The molecule has 0 radical (unpaired) electrons. The molecule has 0 saturated heterocycles. The van der Waals surface area contributed by atoms with Crippen molar-refractivity contribution in [3.05, 3.63) is 35.9 Å². The number of nitrogens with one attached hydrogen (secondary N) is 1. The summed E-state index contributed by atoms with van der Waals surface area (Å²) in [5.74, 6) is 0.250. The topological polar surface area (TPSA) is 55.4 Å². The minimum absolute atomic E-state index is 0.0311.